The molecule has 0 radical (unpaired) electrons. The second-order valence-electron chi connectivity index (χ2n) is 7.03. The zero-order chi connectivity index (χ0) is 22.7. The summed E-state index contributed by atoms with van der Waals surface area (Å²) < 4.78 is 44.6. The van der Waals surface area contributed by atoms with Crippen molar-refractivity contribution in [2.24, 2.45) is 0 Å². The van der Waals surface area contributed by atoms with Crippen LogP contribution in [0.15, 0.2) is 84.4 Å². The normalized spacial score (nSPS) is 15.2. The quantitative estimate of drug-likeness (QED) is 0.462. The van der Waals surface area contributed by atoms with Crippen LogP contribution in [0.25, 0.3) is 6.08 Å². The lowest BCUT2D eigenvalue weighted by Gasteiger charge is -2.16. The third kappa shape index (κ3) is 4.64. The number of nitrogens with zero attached hydrogens (tertiary/aromatic N) is 1. The van der Waals surface area contributed by atoms with Crippen molar-refractivity contribution in [2.45, 2.75) is 12.8 Å². The molecule has 162 valence electrons. The van der Waals surface area contributed by atoms with Crippen molar-refractivity contribution in [3.8, 4) is 5.75 Å². The van der Waals surface area contributed by atoms with Crippen molar-refractivity contribution in [1.29, 1.82) is 0 Å². The van der Waals surface area contributed by atoms with Gasteiger partial charge in [-0.1, -0.05) is 48.5 Å². The lowest BCUT2D eigenvalue weighted by Crippen LogP contribution is -2.35. The predicted octanol–water partition coefficient (Wildman–Crippen LogP) is 4.75. The van der Waals surface area contributed by atoms with Crippen molar-refractivity contribution < 1.29 is 27.5 Å². The molecule has 1 aliphatic heterocycles. The number of carbonyl (C=O) groups is 2. The Balaban J connectivity index is 1.48. The number of benzene rings is 3. The number of rotatable bonds is 5. The monoisotopic (exact) mass is 438 g/mol. The van der Waals surface area contributed by atoms with E-state index in [4.69, 9.17) is 4.74 Å². The molecule has 0 saturated carbocycles. The molecule has 1 saturated heterocycles. The van der Waals surface area contributed by atoms with Gasteiger partial charge in [0.15, 0.2) is 0 Å². The Morgan fingerprint density at radius 2 is 1.62 bits per heavy atom. The van der Waals surface area contributed by atoms with E-state index in [0.29, 0.717) is 17.9 Å². The lowest BCUT2D eigenvalue weighted by molar-refractivity contribution is -0.137. The molecule has 8 heteroatoms. The molecular formula is C24H17F3N2O3. The molecule has 1 aliphatic rings. The first-order valence-corrected chi connectivity index (χ1v) is 9.62. The molecule has 0 unspecified atom stereocenters. The molecule has 3 aromatic carbocycles. The molecule has 0 bridgehead atoms. The Kier molecular flexibility index (Phi) is 5.68. The molecule has 3 aromatic rings. The maximum atomic E-state index is 13.0. The summed E-state index contributed by atoms with van der Waals surface area (Å²) in [5.74, 6) is -0.820. The summed E-state index contributed by atoms with van der Waals surface area (Å²) in [5.41, 5.74) is 2.72. The topological polar surface area (TPSA) is 58.6 Å². The smallest absolute Gasteiger partial charge is 0.416 e. The van der Waals surface area contributed by atoms with Crippen LogP contribution < -0.4 is 15.2 Å². The highest BCUT2D eigenvalue weighted by molar-refractivity contribution is 6.31. The van der Waals surface area contributed by atoms with Crippen molar-refractivity contribution in [1.82, 2.24) is 5.43 Å². The fourth-order valence-corrected chi connectivity index (χ4v) is 3.13. The van der Waals surface area contributed by atoms with Gasteiger partial charge >= 0.3 is 6.18 Å². The minimum atomic E-state index is -4.56. The van der Waals surface area contributed by atoms with Gasteiger partial charge in [-0.3, -0.25) is 15.0 Å². The van der Waals surface area contributed by atoms with Gasteiger partial charge in [0, 0.05) is 0 Å². The number of halogens is 3. The van der Waals surface area contributed by atoms with Gasteiger partial charge in [-0.25, -0.2) is 5.01 Å². The van der Waals surface area contributed by atoms with Crippen molar-refractivity contribution in [2.75, 3.05) is 5.01 Å². The fraction of sp³-hybridized carbons (Fsp3) is 0.0833. The van der Waals surface area contributed by atoms with Crippen LogP contribution in [0.3, 0.4) is 0 Å². The molecule has 1 heterocycles. The largest absolute Gasteiger partial charge is 0.489 e. The third-order valence-electron chi connectivity index (χ3n) is 4.76. The average molecular weight is 438 g/mol. The van der Waals surface area contributed by atoms with E-state index in [9.17, 15) is 22.8 Å². The summed E-state index contributed by atoms with van der Waals surface area (Å²) >= 11 is 0. The van der Waals surface area contributed by atoms with Gasteiger partial charge in [-0.15, -0.1) is 0 Å². The number of hydrazine groups is 1. The van der Waals surface area contributed by atoms with Gasteiger partial charge in [0.1, 0.15) is 17.9 Å². The highest BCUT2D eigenvalue weighted by Crippen LogP contribution is 2.32. The number of anilines is 1. The molecular weight excluding hydrogens is 421 g/mol. The second-order valence-corrected chi connectivity index (χ2v) is 7.03. The zero-order valence-electron chi connectivity index (χ0n) is 16.6. The SMILES string of the molecule is O=C1NN(c2cccc(C(F)(F)F)c2)C(=O)C1=Cc1ccc(OCc2ccccc2)cc1. The van der Waals surface area contributed by atoms with Crippen LogP contribution in [0.2, 0.25) is 0 Å². The summed E-state index contributed by atoms with van der Waals surface area (Å²) in [4.78, 5) is 25.0. The molecule has 0 aromatic heterocycles. The van der Waals surface area contributed by atoms with Gasteiger partial charge in [-0.2, -0.15) is 13.2 Å². The lowest BCUT2D eigenvalue weighted by atomic mass is 10.1. The van der Waals surface area contributed by atoms with Crippen molar-refractivity contribution >= 4 is 23.6 Å². The van der Waals surface area contributed by atoms with E-state index in [1.807, 2.05) is 30.3 Å². The number of amides is 2. The van der Waals surface area contributed by atoms with E-state index in [2.05, 4.69) is 5.43 Å². The Morgan fingerprint density at radius 3 is 2.31 bits per heavy atom. The number of hydrogen-bond acceptors (Lipinski definition) is 3. The van der Waals surface area contributed by atoms with E-state index in [1.54, 1.807) is 24.3 Å². The van der Waals surface area contributed by atoms with Crippen LogP contribution in [0, 0.1) is 0 Å². The average Bonchev–Trinajstić information content (AvgIpc) is 3.07. The molecule has 2 amide bonds. The number of nitrogens with one attached hydrogen (secondary N) is 1. The van der Waals surface area contributed by atoms with E-state index in [1.165, 1.54) is 18.2 Å². The third-order valence-corrected chi connectivity index (χ3v) is 4.76. The first-order chi connectivity index (χ1) is 15.3. The van der Waals surface area contributed by atoms with E-state index < -0.39 is 23.6 Å². The van der Waals surface area contributed by atoms with Crippen LogP contribution in [0.4, 0.5) is 18.9 Å². The minimum absolute atomic E-state index is 0.0776. The summed E-state index contributed by atoms with van der Waals surface area (Å²) in [6, 6.07) is 20.6. The van der Waals surface area contributed by atoms with Crippen LogP contribution in [0.1, 0.15) is 16.7 Å². The molecule has 1 fully saturated rings. The van der Waals surface area contributed by atoms with E-state index >= 15 is 0 Å². The summed E-state index contributed by atoms with van der Waals surface area (Å²) in [7, 11) is 0. The minimum Gasteiger partial charge on any atom is -0.489 e. The van der Waals surface area contributed by atoms with Crippen LogP contribution in [-0.4, -0.2) is 11.8 Å². The summed E-state index contributed by atoms with van der Waals surface area (Å²) in [6.07, 6.45) is -3.18. The Morgan fingerprint density at radius 1 is 0.906 bits per heavy atom. The van der Waals surface area contributed by atoms with Crippen LogP contribution >= 0.6 is 0 Å². The second kappa shape index (κ2) is 8.58. The number of ether oxygens (including phenoxy) is 1. The van der Waals surface area contributed by atoms with Gasteiger partial charge in [-0.05, 0) is 47.5 Å². The van der Waals surface area contributed by atoms with Gasteiger partial charge in [0.25, 0.3) is 11.8 Å². The van der Waals surface area contributed by atoms with Gasteiger partial charge in [0.05, 0.1) is 11.3 Å². The van der Waals surface area contributed by atoms with E-state index in [-0.39, 0.29) is 11.3 Å². The van der Waals surface area contributed by atoms with Gasteiger partial charge < -0.3 is 4.74 Å². The molecule has 5 nitrogen and oxygen atoms in total. The zero-order valence-corrected chi connectivity index (χ0v) is 16.6. The molecule has 4 rings (SSSR count). The molecule has 0 spiro atoms. The molecule has 0 atom stereocenters. The van der Waals surface area contributed by atoms with Crippen molar-refractivity contribution in [3.63, 3.8) is 0 Å². The van der Waals surface area contributed by atoms with Crippen molar-refractivity contribution in [3.05, 3.63) is 101 Å². The predicted molar refractivity (Wildman–Crippen MR) is 112 cm³/mol. The first-order valence-electron chi connectivity index (χ1n) is 9.62. The molecule has 1 N–H and O–H groups in total. The van der Waals surface area contributed by atoms with Gasteiger partial charge in [0.2, 0.25) is 0 Å². The maximum absolute atomic E-state index is 13.0. The highest BCUT2D eigenvalue weighted by Gasteiger charge is 2.36. The highest BCUT2D eigenvalue weighted by atomic mass is 19.4. The van der Waals surface area contributed by atoms with E-state index in [0.717, 1.165) is 22.7 Å². The van der Waals surface area contributed by atoms with Crippen LogP contribution in [0.5, 0.6) is 5.75 Å². The number of carbonyl (C=O) groups excluding carboxylic acids is 2. The standard InChI is InChI=1S/C24H17F3N2O3/c25-24(26,27)18-7-4-8-19(14-18)29-23(31)21(22(30)28-29)13-16-9-11-20(12-10-16)32-15-17-5-2-1-3-6-17/h1-14H,15H2,(H,28,30). The Hall–Kier alpha value is -4.07. The molecule has 32 heavy (non-hydrogen) atoms. The molecule has 0 aliphatic carbocycles. The summed E-state index contributed by atoms with van der Waals surface area (Å²) in [6.45, 7) is 0.397. The van der Waals surface area contributed by atoms with Crippen LogP contribution in [-0.2, 0) is 22.4 Å². The number of alkyl halides is 3. The first kappa shape index (κ1) is 21.2. The maximum Gasteiger partial charge on any atom is 0.416 e. The Bertz CT molecular complexity index is 1170. The fourth-order valence-electron chi connectivity index (χ4n) is 3.13. The summed E-state index contributed by atoms with van der Waals surface area (Å²) in [5, 5.41) is 0.806. The Labute approximate surface area is 181 Å². The number of hydrogen-bond donors (Lipinski definition) is 1.